The number of nitrogens with one attached hydrogen (secondary N) is 3. The summed E-state index contributed by atoms with van der Waals surface area (Å²) < 4.78 is 0. The Morgan fingerprint density at radius 2 is 1.96 bits per heavy atom. The summed E-state index contributed by atoms with van der Waals surface area (Å²) in [5, 5.41) is 11.5. The average Bonchev–Trinajstić information content (AvgIpc) is 3.25. The second-order valence-corrected chi connectivity index (χ2v) is 7.82. The van der Waals surface area contributed by atoms with E-state index in [2.05, 4.69) is 69.2 Å². The van der Waals surface area contributed by atoms with Gasteiger partial charge in [-0.05, 0) is 56.7 Å². The second kappa shape index (κ2) is 11.4. The summed E-state index contributed by atoms with van der Waals surface area (Å²) in [4.78, 5) is 12.2. The third kappa shape index (κ3) is 6.48. The molecule has 0 aliphatic carbocycles. The van der Waals surface area contributed by atoms with Gasteiger partial charge in [0.2, 0.25) is 0 Å². The smallest absolute Gasteiger partial charge is 0.190 e. The molecule has 0 fully saturated rings. The molecule has 5 nitrogen and oxygen atoms in total. The Balaban J connectivity index is 0.00000280. The minimum Gasteiger partial charge on any atom is -0.361 e. The van der Waals surface area contributed by atoms with Crippen LogP contribution in [0.1, 0.15) is 34.7 Å². The van der Waals surface area contributed by atoms with E-state index in [0.717, 1.165) is 50.4 Å². The third-order valence-electron chi connectivity index (χ3n) is 4.61. The number of benzene rings is 1. The molecular formula is C21H30IN5S. The van der Waals surface area contributed by atoms with E-state index in [0.29, 0.717) is 0 Å². The van der Waals surface area contributed by atoms with Gasteiger partial charge in [0.25, 0.3) is 0 Å². The summed E-state index contributed by atoms with van der Waals surface area (Å²) in [6, 6.07) is 6.56. The molecular weight excluding hydrogens is 481 g/mol. The fraction of sp³-hybridized carbons (Fsp3) is 0.429. The Bertz CT molecular complexity index is 899. The average molecular weight is 511 g/mol. The Labute approximate surface area is 188 Å². The van der Waals surface area contributed by atoms with Crippen LogP contribution < -0.4 is 10.6 Å². The number of aromatic amines is 1. The summed E-state index contributed by atoms with van der Waals surface area (Å²) in [5.41, 5.74) is 4.96. The summed E-state index contributed by atoms with van der Waals surface area (Å²) in [7, 11) is 1.82. The number of rotatable bonds is 8. The van der Waals surface area contributed by atoms with Crippen molar-refractivity contribution in [1.29, 1.82) is 0 Å². The van der Waals surface area contributed by atoms with E-state index in [4.69, 9.17) is 0 Å². The fourth-order valence-corrected chi connectivity index (χ4v) is 3.99. The summed E-state index contributed by atoms with van der Waals surface area (Å²) >= 11 is 1.76. The number of aryl methyl sites for hydroxylation is 3. The van der Waals surface area contributed by atoms with E-state index in [1.165, 1.54) is 27.0 Å². The zero-order chi connectivity index (χ0) is 19.1. The number of aliphatic imine (C=N–C) groups is 1. The maximum absolute atomic E-state index is 4.51. The first kappa shape index (κ1) is 22.7. The largest absolute Gasteiger partial charge is 0.361 e. The molecule has 0 unspecified atom stereocenters. The van der Waals surface area contributed by atoms with E-state index in [-0.39, 0.29) is 24.0 Å². The first-order valence-corrected chi connectivity index (χ1v) is 10.5. The zero-order valence-corrected chi connectivity index (χ0v) is 20.0. The van der Waals surface area contributed by atoms with E-state index >= 15 is 0 Å². The second-order valence-electron chi connectivity index (χ2n) is 6.88. The van der Waals surface area contributed by atoms with Crippen LogP contribution in [0, 0.1) is 13.8 Å². The monoisotopic (exact) mass is 511 g/mol. The van der Waals surface area contributed by atoms with Crippen molar-refractivity contribution in [3.8, 4) is 0 Å². The maximum Gasteiger partial charge on any atom is 0.190 e. The quantitative estimate of drug-likeness (QED) is 0.180. The van der Waals surface area contributed by atoms with Crippen LogP contribution in [0.4, 0.5) is 0 Å². The molecule has 152 valence electrons. The molecule has 7 heteroatoms. The number of fused-ring (bicyclic) bond motifs is 1. The van der Waals surface area contributed by atoms with Crippen molar-refractivity contribution in [3.05, 3.63) is 51.6 Å². The molecule has 0 bridgehead atoms. The number of H-pyrrole nitrogens is 1. The SMILES string of the molecule is CN=C(NCCCCc1nc(C)cs1)NCCc1c[nH]c2cc(C)ccc12.I. The fourth-order valence-electron chi connectivity index (χ4n) is 3.17. The number of guanidine groups is 1. The van der Waals surface area contributed by atoms with Gasteiger partial charge in [-0.25, -0.2) is 4.98 Å². The van der Waals surface area contributed by atoms with Crippen molar-refractivity contribution >= 4 is 52.2 Å². The number of aromatic nitrogens is 2. The first-order chi connectivity index (χ1) is 13.2. The number of hydrogen-bond donors (Lipinski definition) is 3. The molecule has 0 amide bonds. The molecule has 3 rings (SSSR count). The standard InChI is InChI=1S/C21H29N5S.HI/c1-15-7-8-18-17(13-25-19(18)12-15)9-11-24-21(22-3)23-10-5-4-6-20-26-16(2)14-27-20;/h7-8,12-14,25H,4-6,9-11H2,1-3H3,(H2,22,23,24);1H. The van der Waals surface area contributed by atoms with E-state index in [1.807, 2.05) is 7.05 Å². The number of unbranched alkanes of at least 4 members (excludes halogenated alkanes) is 1. The lowest BCUT2D eigenvalue weighted by atomic mass is 10.1. The van der Waals surface area contributed by atoms with Crippen molar-refractivity contribution in [2.75, 3.05) is 20.1 Å². The van der Waals surface area contributed by atoms with Crippen LogP contribution in [-0.4, -0.2) is 36.1 Å². The van der Waals surface area contributed by atoms with Crippen molar-refractivity contribution < 1.29 is 0 Å². The minimum atomic E-state index is 0. The number of hydrogen-bond acceptors (Lipinski definition) is 3. The molecule has 3 aromatic rings. The predicted octanol–water partition coefficient (Wildman–Crippen LogP) is 4.59. The van der Waals surface area contributed by atoms with Gasteiger partial charge in [-0.2, -0.15) is 0 Å². The third-order valence-corrected chi connectivity index (χ3v) is 5.64. The van der Waals surface area contributed by atoms with E-state index in [1.54, 1.807) is 11.3 Å². The molecule has 0 spiro atoms. The van der Waals surface area contributed by atoms with Crippen LogP contribution in [-0.2, 0) is 12.8 Å². The zero-order valence-electron chi connectivity index (χ0n) is 16.8. The van der Waals surface area contributed by atoms with Crippen molar-refractivity contribution in [1.82, 2.24) is 20.6 Å². The van der Waals surface area contributed by atoms with Crippen LogP contribution >= 0.6 is 35.3 Å². The lowest BCUT2D eigenvalue weighted by molar-refractivity contribution is 0.691. The molecule has 1 aromatic carbocycles. The van der Waals surface area contributed by atoms with Crippen LogP contribution in [0.5, 0.6) is 0 Å². The van der Waals surface area contributed by atoms with Gasteiger partial charge in [-0.1, -0.05) is 12.1 Å². The summed E-state index contributed by atoms with van der Waals surface area (Å²) in [6.45, 7) is 5.96. The van der Waals surface area contributed by atoms with Crippen molar-refractivity contribution in [2.45, 2.75) is 39.5 Å². The summed E-state index contributed by atoms with van der Waals surface area (Å²) in [5.74, 6) is 0.871. The molecule has 28 heavy (non-hydrogen) atoms. The minimum absolute atomic E-state index is 0. The molecule has 0 saturated heterocycles. The Morgan fingerprint density at radius 1 is 1.14 bits per heavy atom. The number of thiazole rings is 1. The highest BCUT2D eigenvalue weighted by atomic mass is 127. The molecule has 0 aliphatic heterocycles. The normalized spacial score (nSPS) is 11.5. The lowest BCUT2D eigenvalue weighted by Gasteiger charge is -2.11. The Kier molecular flexibility index (Phi) is 9.24. The summed E-state index contributed by atoms with van der Waals surface area (Å²) in [6.07, 6.45) is 6.40. The van der Waals surface area contributed by atoms with Gasteiger partial charge in [0.15, 0.2) is 5.96 Å². The number of nitrogens with zero attached hydrogens (tertiary/aromatic N) is 2. The molecule has 0 saturated carbocycles. The maximum atomic E-state index is 4.51. The Hall–Kier alpha value is -1.61. The van der Waals surface area contributed by atoms with Crippen LogP contribution in [0.2, 0.25) is 0 Å². The van der Waals surface area contributed by atoms with Crippen molar-refractivity contribution in [2.24, 2.45) is 4.99 Å². The van der Waals surface area contributed by atoms with Gasteiger partial charge in [0.1, 0.15) is 0 Å². The van der Waals surface area contributed by atoms with Gasteiger partial charge in [-0.3, -0.25) is 4.99 Å². The van der Waals surface area contributed by atoms with E-state index in [9.17, 15) is 0 Å². The highest BCUT2D eigenvalue weighted by Crippen LogP contribution is 2.19. The molecule has 2 aromatic heterocycles. The lowest BCUT2D eigenvalue weighted by Crippen LogP contribution is -2.38. The van der Waals surface area contributed by atoms with Gasteiger partial charge < -0.3 is 15.6 Å². The topological polar surface area (TPSA) is 65.1 Å². The molecule has 0 atom stereocenters. The van der Waals surface area contributed by atoms with Crippen LogP contribution in [0.15, 0.2) is 34.8 Å². The van der Waals surface area contributed by atoms with Gasteiger partial charge in [-0.15, -0.1) is 35.3 Å². The van der Waals surface area contributed by atoms with Crippen LogP contribution in [0.3, 0.4) is 0 Å². The van der Waals surface area contributed by atoms with E-state index < -0.39 is 0 Å². The van der Waals surface area contributed by atoms with Gasteiger partial charge >= 0.3 is 0 Å². The van der Waals surface area contributed by atoms with Gasteiger partial charge in [0.05, 0.1) is 5.01 Å². The highest BCUT2D eigenvalue weighted by Gasteiger charge is 2.04. The first-order valence-electron chi connectivity index (χ1n) is 9.58. The molecule has 0 aliphatic rings. The van der Waals surface area contributed by atoms with Gasteiger partial charge in [0, 0.05) is 48.3 Å². The molecule has 2 heterocycles. The highest BCUT2D eigenvalue weighted by molar-refractivity contribution is 14.0. The molecule has 3 N–H and O–H groups in total. The number of halogens is 1. The Morgan fingerprint density at radius 3 is 2.71 bits per heavy atom. The predicted molar refractivity (Wildman–Crippen MR) is 131 cm³/mol. The molecule has 0 radical (unpaired) electrons. The van der Waals surface area contributed by atoms with Crippen molar-refractivity contribution in [3.63, 3.8) is 0 Å². The van der Waals surface area contributed by atoms with Crippen LogP contribution in [0.25, 0.3) is 10.9 Å².